The highest BCUT2D eigenvalue weighted by Gasteiger charge is 2.32. The third-order valence-electron chi connectivity index (χ3n) is 4.28. The number of carbonyl (C=O) groups excluding carboxylic acids is 2. The lowest BCUT2D eigenvalue weighted by molar-refractivity contribution is -0.122. The minimum absolute atomic E-state index is 0.0593. The summed E-state index contributed by atoms with van der Waals surface area (Å²) in [4.78, 5) is 28.8. The van der Waals surface area contributed by atoms with E-state index < -0.39 is 5.25 Å². The highest BCUT2D eigenvalue weighted by Crippen LogP contribution is 2.30. The van der Waals surface area contributed by atoms with Crippen LogP contribution in [0.15, 0.2) is 23.2 Å². The first-order valence-electron chi connectivity index (χ1n) is 8.74. The van der Waals surface area contributed by atoms with Crippen LogP contribution in [0.2, 0.25) is 0 Å². The smallest absolute Gasteiger partial charge is 0.240 e. The number of aliphatic imine (C=N–C) groups is 1. The number of carbonyl (C=O) groups is 2. The van der Waals surface area contributed by atoms with Crippen molar-refractivity contribution < 1.29 is 23.8 Å². The summed E-state index contributed by atoms with van der Waals surface area (Å²) < 4.78 is 15.9. The van der Waals surface area contributed by atoms with Crippen LogP contribution in [0, 0.1) is 0 Å². The molecule has 2 N–H and O–H groups in total. The van der Waals surface area contributed by atoms with Gasteiger partial charge in [-0.05, 0) is 25.0 Å². The zero-order chi connectivity index (χ0) is 19.2. The summed E-state index contributed by atoms with van der Waals surface area (Å²) in [5.41, 5.74) is 0.577. The molecule has 0 radical (unpaired) electrons. The van der Waals surface area contributed by atoms with E-state index in [9.17, 15) is 9.59 Å². The molecule has 0 saturated carbocycles. The molecule has 146 valence electrons. The van der Waals surface area contributed by atoms with Crippen LogP contribution in [0.5, 0.6) is 11.5 Å². The molecule has 2 aliphatic rings. The quantitative estimate of drug-likeness (QED) is 0.733. The average molecular weight is 393 g/mol. The highest BCUT2D eigenvalue weighted by molar-refractivity contribution is 8.15. The van der Waals surface area contributed by atoms with Crippen molar-refractivity contribution in [2.24, 2.45) is 4.99 Å². The lowest BCUT2D eigenvalue weighted by Crippen LogP contribution is -2.28. The molecule has 0 unspecified atom stereocenters. The summed E-state index contributed by atoms with van der Waals surface area (Å²) in [6, 6.07) is 5.10. The molecule has 9 heteroatoms. The number of nitrogens with one attached hydrogen (secondary N) is 2. The molecule has 8 nitrogen and oxygen atoms in total. The number of nitrogens with zero attached hydrogens (tertiary/aromatic N) is 1. The van der Waals surface area contributed by atoms with Crippen molar-refractivity contribution in [2.75, 3.05) is 32.7 Å². The molecule has 2 aliphatic heterocycles. The molecule has 2 fully saturated rings. The molecule has 0 bridgehead atoms. The van der Waals surface area contributed by atoms with E-state index in [-0.39, 0.29) is 24.3 Å². The van der Waals surface area contributed by atoms with Crippen LogP contribution in [-0.2, 0) is 14.3 Å². The fraction of sp³-hybridized carbons (Fsp3) is 0.500. The van der Waals surface area contributed by atoms with Gasteiger partial charge in [0.15, 0.2) is 16.7 Å². The molecule has 0 aromatic heterocycles. The topological polar surface area (TPSA) is 98.3 Å². The van der Waals surface area contributed by atoms with Gasteiger partial charge in [0.2, 0.25) is 11.8 Å². The van der Waals surface area contributed by atoms with Gasteiger partial charge < -0.3 is 24.8 Å². The molecule has 2 saturated heterocycles. The Bertz CT molecular complexity index is 734. The van der Waals surface area contributed by atoms with Crippen molar-refractivity contribution in [3.63, 3.8) is 0 Å². The monoisotopic (exact) mass is 393 g/mol. The molecule has 0 aliphatic carbocycles. The Balaban J connectivity index is 1.53. The molecule has 2 heterocycles. The number of thioether (sulfide) groups is 1. The number of hydrogen-bond donors (Lipinski definition) is 2. The van der Waals surface area contributed by atoms with Crippen LogP contribution in [0.1, 0.15) is 19.3 Å². The first-order valence-corrected chi connectivity index (χ1v) is 9.62. The van der Waals surface area contributed by atoms with E-state index in [1.807, 2.05) is 0 Å². The first-order chi connectivity index (χ1) is 13.1. The summed E-state index contributed by atoms with van der Waals surface area (Å²) in [7, 11) is 3.07. The van der Waals surface area contributed by atoms with Gasteiger partial charge in [0.05, 0.1) is 26.9 Å². The number of ether oxygens (including phenoxy) is 3. The van der Waals surface area contributed by atoms with E-state index in [0.29, 0.717) is 28.9 Å². The second-order valence-corrected chi connectivity index (χ2v) is 7.39. The molecule has 3 rings (SSSR count). The number of amides is 2. The predicted octanol–water partition coefficient (Wildman–Crippen LogP) is 1.80. The zero-order valence-electron chi connectivity index (χ0n) is 15.3. The zero-order valence-corrected chi connectivity index (χ0v) is 16.1. The van der Waals surface area contributed by atoms with Gasteiger partial charge in [-0.15, -0.1) is 0 Å². The number of benzene rings is 1. The minimum Gasteiger partial charge on any atom is -0.493 e. The Labute approximate surface area is 162 Å². The van der Waals surface area contributed by atoms with E-state index in [0.717, 1.165) is 19.4 Å². The molecule has 1 aromatic carbocycles. The van der Waals surface area contributed by atoms with Gasteiger partial charge in [0, 0.05) is 24.8 Å². The third-order valence-corrected chi connectivity index (χ3v) is 5.40. The molecule has 1 aromatic rings. The molecule has 27 heavy (non-hydrogen) atoms. The molecule has 0 spiro atoms. The largest absolute Gasteiger partial charge is 0.493 e. The first kappa shape index (κ1) is 19.5. The van der Waals surface area contributed by atoms with Gasteiger partial charge in [0.1, 0.15) is 5.25 Å². The van der Waals surface area contributed by atoms with Crippen molar-refractivity contribution >= 4 is 34.4 Å². The molecular formula is C18H23N3O5S. The predicted molar refractivity (Wildman–Crippen MR) is 104 cm³/mol. The second kappa shape index (κ2) is 9.09. The maximum atomic E-state index is 12.3. The van der Waals surface area contributed by atoms with Crippen molar-refractivity contribution in [2.45, 2.75) is 30.6 Å². The number of rotatable bonds is 7. The van der Waals surface area contributed by atoms with Gasteiger partial charge in [-0.1, -0.05) is 11.8 Å². The summed E-state index contributed by atoms with van der Waals surface area (Å²) in [6.45, 7) is 1.31. The van der Waals surface area contributed by atoms with Crippen LogP contribution >= 0.6 is 11.8 Å². The fourth-order valence-electron chi connectivity index (χ4n) is 2.88. The van der Waals surface area contributed by atoms with E-state index in [1.165, 1.54) is 18.9 Å². The number of anilines is 1. The maximum absolute atomic E-state index is 12.3. The van der Waals surface area contributed by atoms with Crippen LogP contribution in [0.4, 0.5) is 5.69 Å². The van der Waals surface area contributed by atoms with Crippen molar-refractivity contribution in [3.05, 3.63) is 18.2 Å². The SMILES string of the molecule is COc1ccc(NC(=O)C[C@@H]2SC(=NC[C@H]3CCCO3)NC2=O)cc1OC. The minimum atomic E-state index is -0.492. The van der Waals surface area contributed by atoms with Gasteiger partial charge in [0.25, 0.3) is 0 Å². The Hall–Kier alpha value is -2.26. The van der Waals surface area contributed by atoms with Crippen molar-refractivity contribution in [3.8, 4) is 11.5 Å². The molecule has 2 amide bonds. The Morgan fingerprint density at radius 1 is 1.37 bits per heavy atom. The number of amidine groups is 1. The Kier molecular flexibility index (Phi) is 6.57. The standard InChI is InChI=1S/C18H23N3O5S/c1-24-13-6-5-11(8-14(13)25-2)20-16(22)9-15-17(23)21-18(27-15)19-10-12-4-3-7-26-12/h5-6,8,12,15H,3-4,7,9-10H2,1-2H3,(H,20,22)(H,19,21,23)/t12-,15+/m1/s1. The summed E-state index contributed by atoms with van der Waals surface area (Å²) >= 11 is 1.28. The van der Waals surface area contributed by atoms with Crippen molar-refractivity contribution in [1.29, 1.82) is 0 Å². The van der Waals surface area contributed by atoms with Gasteiger partial charge in [-0.25, -0.2) is 0 Å². The average Bonchev–Trinajstić information content (AvgIpc) is 3.30. The number of hydrogen-bond acceptors (Lipinski definition) is 7. The molecule has 2 atom stereocenters. The lowest BCUT2D eigenvalue weighted by Gasteiger charge is -2.11. The van der Waals surface area contributed by atoms with E-state index in [4.69, 9.17) is 14.2 Å². The fourth-order valence-corrected chi connectivity index (χ4v) is 3.86. The van der Waals surface area contributed by atoms with E-state index >= 15 is 0 Å². The van der Waals surface area contributed by atoms with Crippen molar-refractivity contribution in [1.82, 2.24) is 5.32 Å². The van der Waals surface area contributed by atoms with Gasteiger partial charge >= 0.3 is 0 Å². The van der Waals surface area contributed by atoms with Crippen LogP contribution in [0.3, 0.4) is 0 Å². The van der Waals surface area contributed by atoms with Crippen LogP contribution < -0.4 is 20.1 Å². The summed E-state index contributed by atoms with van der Waals surface area (Å²) in [6.07, 6.45) is 2.23. The van der Waals surface area contributed by atoms with Crippen LogP contribution in [0.25, 0.3) is 0 Å². The van der Waals surface area contributed by atoms with Gasteiger partial charge in [-0.3, -0.25) is 14.6 Å². The summed E-state index contributed by atoms with van der Waals surface area (Å²) in [5.74, 6) is 0.643. The van der Waals surface area contributed by atoms with Gasteiger partial charge in [-0.2, -0.15) is 0 Å². The van der Waals surface area contributed by atoms with Crippen LogP contribution in [-0.4, -0.2) is 55.7 Å². The lowest BCUT2D eigenvalue weighted by atomic mass is 10.2. The van der Waals surface area contributed by atoms with E-state index in [2.05, 4.69) is 15.6 Å². The Morgan fingerprint density at radius 2 is 2.19 bits per heavy atom. The maximum Gasteiger partial charge on any atom is 0.240 e. The molecular weight excluding hydrogens is 370 g/mol. The third kappa shape index (κ3) is 5.14. The van der Waals surface area contributed by atoms with E-state index in [1.54, 1.807) is 25.3 Å². The Morgan fingerprint density at radius 3 is 2.89 bits per heavy atom. The second-order valence-electron chi connectivity index (χ2n) is 6.20. The highest BCUT2D eigenvalue weighted by atomic mass is 32.2. The normalized spacial score (nSPS) is 23.3. The number of methoxy groups -OCH3 is 2. The summed E-state index contributed by atoms with van der Waals surface area (Å²) in [5, 5.41) is 5.57.